The maximum Gasteiger partial charge on any atom is 0.0726 e. The maximum absolute atomic E-state index is 5.96. The van der Waals surface area contributed by atoms with Crippen molar-refractivity contribution < 1.29 is 0 Å². The molecule has 2 aromatic rings. The van der Waals surface area contributed by atoms with Crippen LogP contribution in [0.1, 0.15) is 25.0 Å². The van der Waals surface area contributed by atoms with Crippen LogP contribution in [0.25, 0.3) is 10.9 Å². The summed E-state index contributed by atoms with van der Waals surface area (Å²) in [6.07, 6.45) is 3.75. The Morgan fingerprint density at radius 3 is 3.00 bits per heavy atom. The largest absolute Gasteiger partial charge is 0.367 e. The Bertz CT molecular complexity index is 579. The summed E-state index contributed by atoms with van der Waals surface area (Å²) in [5.74, 6) is 0. The smallest absolute Gasteiger partial charge is 0.0726 e. The summed E-state index contributed by atoms with van der Waals surface area (Å²) in [7, 11) is 0. The number of para-hydroxylation sites is 1. The SMILES string of the molecule is Cc1cc(N2CCCCC2CN)c2ccccc2n1. The summed E-state index contributed by atoms with van der Waals surface area (Å²) in [6, 6.07) is 11.1. The van der Waals surface area contributed by atoms with E-state index in [2.05, 4.69) is 47.1 Å². The summed E-state index contributed by atoms with van der Waals surface area (Å²) < 4.78 is 0. The Morgan fingerprint density at radius 1 is 1.32 bits per heavy atom. The topological polar surface area (TPSA) is 42.1 Å². The summed E-state index contributed by atoms with van der Waals surface area (Å²) in [5.41, 5.74) is 9.42. The van der Waals surface area contributed by atoms with Gasteiger partial charge in [0.05, 0.1) is 5.52 Å². The van der Waals surface area contributed by atoms with Gasteiger partial charge in [-0.25, -0.2) is 0 Å². The van der Waals surface area contributed by atoms with E-state index in [4.69, 9.17) is 5.73 Å². The number of piperidine rings is 1. The highest BCUT2D eigenvalue weighted by atomic mass is 15.2. The Kier molecular flexibility index (Phi) is 3.38. The number of pyridine rings is 1. The molecule has 1 aliphatic rings. The fraction of sp³-hybridized carbons (Fsp3) is 0.438. The van der Waals surface area contributed by atoms with E-state index >= 15 is 0 Å². The fourth-order valence-corrected chi connectivity index (χ4v) is 3.09. The van der Waals surface area contributed by atoms with Gasteiger partial charge < -0.3 is 10.6 Å². The third-order valence-electron chi connectivity index (χ3n) is 4.03. The van der Waals surface area contributed by atoms with Gasteiger partial charge >= 0.3 is 0 Å². The summed E-state index contributed by atoms with van der Waals surface area (Å²) in [6.45, 7) is 3.91. The van der Waals surface area contributed by atoms with Crippen LogP contribution in [-0.2, 0) is 0 Å². The highest BCUT2D eigenvalue weighted by Gasteiger charge is 2.23. The summed E-state index contributed by atoms with van der Waals surface area (Å²) >= 11 is 0. The van der Waals surface area contributed by atoms with Crippen molar-refractivity contribution in [3.05, 3.63) is 36.0 Å². The van der Waals surface area contributed by atoms with E-state index in [0.717, 1.165) is 24.3 Å². The number of aromatic nitrogens is 1. The number of nitrogens with two attached hydrogens (primary N) is 1. The third kappa shape index (κ3) is 2.30. The zero-order valence-electron chi connectivity index (χ0n) is 11.5. The quantitative estimate of drug-likeness (QED) is 0.897. The second-order valence-electron chi connectivity index (χ2n) is 5.38. The van der Waals surface area contributed by atoms with Gasteiger partial charge in [-0.3, -0.25) is 4.98 Å². The molecule has 0 amide bonds. The molecule has 0 radical (unpaired) electrons. The molecule has 3 heteroatoms. The minimum Gasteiger partial charge on any atom is -0.367 e. The highest BCUT2D eigenvalue weighted by Crippen LogP contribution is 2.31. The normalized spacial score (nSPS) is 19.9. The Morgan fingerprint density at radius 2 is 2.16 bits per heavy atom. The number of hydrogen-bond acceptors (Lipinski definition) is 3. The molecule has 2 heterocycles. The van der Waals surface area contributed by atoms with Gasteiger partial charge in [0.1, 0.15) is 0 Å². The van der Waals surface area contributed by atoms with Gasteiger partial charge in [-0.05, 0) is 38.3 Å². The highest BCUT2D eigenvalue weighted by molar-refractivity contribution is 5.92. The van der Waals surface area contributed by atoms with Crippen molar-refractivity contribution in [1.29, 1.82) is 0 Å². The predicted molar refractivity (Wildman–Crippen MR) is 80.5 cm³/mol. The molecule has 19 heavy (non-hydrogen) atoms. The number of benzene rings is 1. The van der Waals surface area contributed by atoms with E-state index in [1.54, 1.807) is 0 Å². The molecule has 0 aliphatic carbocycles. The fourth-order valence-electron chi connectivity index (χ4n) is 3.09. The molecule has 0 spiro atoms. The Hall–Kier alpha value is -1.61. The van der Waals surface area contributed by atoms with E-state index in [1.165, 1.54) is 30.3 Å². The lowest BCUT2D eigenvalue weighted by molar-refractivity contribution is 0.466. The van der Waals surface area contributed by atoms with Crippen LogP contribution in [0.15, 0.2) is 30.3 Å². The molecule has 1 aromatic carbocycles. The van der Waals surface area contributed by atoms with Crippen LogP contribution in [0.5, 0.6) is 0 Å². The van der Waals surface area contributed by atoms with E-state index in [-0.39, 0.29) is 0 Å². The molecular weight excluding hydrogens is 234 g/mol. The van der Waals surface area contributed by atoms with Crippen LogP contribution >= 0.6 is 0 Å². The summed E-state index contributed by atoms with van der Waals surface area (Å²) in [5, 5.41) is 1.24. The molecule has 2 N–H and O–H groups in total. The van der Waals surface area contributed by atoms with Crippen LogP contribution in [0, 0.1) is 6.92 Å². The van der Waals surface area contributed by atoms with Gasteiger partial charge in [-0.2, -0.15) is 0 Å². The maximum atomic E-state index is 5.96. The first-order valence-electron chi connectivity index (χ1n) is 7.12. The second kappa shape index (κ2) is 5.17. The first-order valence-corrected chi connectivity index (χ1v) is 7.12. The van der Waals surface area contributed by atoms with E-state index < -0.39 is 0 Å². The minimum absolute atomic E-state index is 0.471. The molecule has 100 valence electrons. The number of fused-ring (bicyclic) bond motifs is 1. The van der Waals surface area contributed by atoms with Crippen LogP contribution in [0.4, 0.5) is 5.69 Å². The second-order valence-corrected chi connectivity index (χ2v) is 5.38. The van der Waals surface area contributed by atoms with Crippen molar-refractivity contribution in [1.82, 2.24) is 4.98 Å². The van der Waals surface area contributed by atoms with Crippen molar-refractivity contribution in [3.63, 3.8) is 0 Å². The molecule has 1 unspecified atom stereocenters. The van der Waals surface area contributed by atoms with Gasteiger partial charge in [-0.15, -0.1) is 0 Å². The number of nitrogens with zero attached hydrogens (tertiary/aromatic N) is 2. The number of hydrogen-bond donors (Lipinski definition) is 1. The third-order valence-corrected chi connectivity index (χ3v) is 4.03. The first kappa shape index (κ1) is 12.4. The Labute approximate surface area is 114 Å². The van der Waals surface area contributed by atoms with Crippen molar-refractivity contribution >= 4 is 16.6 Å². The molecular formula is C16H21N3. The monoisotopic (exact) mass is 255 g/mol. The molecule has 1 fully saturated rings. The lowest BCUT2D eigenvalue weighted by Crippen LogP contribution is -2.44. The average Bonchev–Trinajstić information content (AvgIpc) is 2.46. The predicted octanol–water partition coefficient (Wildman–Crippen LogP) is 2.86. The van der Waals surface area contributed by atoms with Crippen molar-refractivity contribution in [2.45, 2.75) is 32.2 Å². The lowest BCUT2D eigenvalue weighted by atomic mass is 10.00. The van der Waals surface area contributed by atoms with Crippen LogP contribution in [0.3, 0.4) is 0 Å². The van der Waals surface area contributed by atoms with Crippen LogP contribution in [0.2, 0.25) is 0 Å². The zero-order chi connectivity index (χ0) is 13.2. The standard InChI is InChI=1S/C16H21N3/c1-12-10-16(14-7-2-3-8-15(14)18-12)19-9-5-4-6-13(19)11-17/h2-3,7-8,10,13H,4-6,9,11,17H2,1H3. The molecule has 3 rings (SSSR count). The molecule has 1 aromatic heterocycles. The molecule has 0 saturated carbocycles. The number of anilines is 1. The van der Waals surface area contributed by atoms with Crippen molar-refractivity contribution in [2.24, 2.45) is 5.73 Å². The Balaban J connectivity index is 2.12. The lowest BCUT2D eigenvalue weighted by Gasteiger charge is -2.37. The first-order chi connectivity index (χ1) is 9.29. The summed E-state index contributed by atoms with van der Waals surface area (Å²) in [4.78, 5) is 7.11. The van der Waals surface area contributed by atoms with E-state index in [1.807, 2.05) is 0 Å². The molecule has 1 saturated heterocycles. The average molecular weight is 255 g/mol. The van der Waals surface area contributed by atoms with E-state index in [0.29, 0.717) is 6.04 Å². The number of rotatable bonds is 2. The molecule has 1 aliphatic heterocycles. The van der Waals surface area contributed by atoms with Crippen LogP contribution in [-0.4, -0.2) is 24.1 Å². The molecule has 0 bridgehead atoms. The van der Waals surface area contributed by atoms with Gasteiger partial charge in [0.15, 0.2) is 0 Å². The van der Waals surface area contributed by atoms with Gasteiger partial charge in [0.25, 0.3) is 0 Å². The molecule has 1 atom stereocenters. The van der Waals surface area contributed by atoms with Gasteiger partial charge in [-0.1, -0.05) is 18.2 Å². The van der Waals surface area contributed by atoms with Crippen molar-refractivity contribution in [3.8, 4) is 0 Å². The van der Waals surface area contributed by atoms with Crippen LogP contribution < -0.4 is 10.6 Å². The zero-order valence-corrected chi connectivity index (χ0v) is 11.5. The van der Waals surface area contributed by atoms with Crippen molar-refractivity contribution in [2.75, 3.05) is 18.0 Å². The van der Waals surface area contributed by atoms with Gasteiger partial charge in [0.2, 0.25) is 0 Å². The molecule has 3 nitrogen and oxygen atoms in total. The van der Waals surface area contributed by atoms with Gasteiger partial charge in [0, 0.05) is 35.9 Å². The minimum atomic E-state index is 0.471. The number of aryl methyl sites for hydroxylation is 1. The van der Waals surface area contributed by atoms with E-state index in [9.17, 15) is 0 Å².